The molecule has 5 rings (SSSR count). The Kier molecular flexibility index (Phi) is 6.42. The second kappa shape index (κ2) is 9.48. The van der Waals surface area contributed by atoms with Crippen molar-refractivity contribution in [3.05, 3.63) is 41.6 Å². The second-order valence-electron chi connectivity index (χ2n) is 9.84. The van der Waals surface area contributed by atoms with Crippen molar-refractivity contribution in [2.45, 2.75) is 76.1 Å². The Hall–Kier alpha value is -2.75. The van der Waals surface area contributed by atoms with Crippen LogP contribution in [-0.2, 0) is 23.0 Å². The molecule has 2 aliphatic carbocycles. The third-order valence-corrected chi connectivity index (χ3v) is 9.01. The Morgan fingerprint density at radius 1 is 1.15 bits per heavy atom. The Bertz CT molecular complexity index is 1160. The van der Waals surface area contributed by atoms with Gasteiger partial charge >= 0.3 is 0 Å². The van der Waals surface area contributed by atoms with Gasteiger partial charge in [0.2, 0.25) is 10.0 Å². The number of fused-ring (bicyclic) bond motifs is 1. The number of anilines is 2. The van der Waals surface area contributed by atoms with Gasteiger partial charge in [-0.1, -0.05) is 19.8 Å². The number of carbonyl (C=O) groups is 1. The molecular formula is C24H32N6O3S. The summed E-state index contributed by atoms with van der Waals surface area (Å²) in [6.07, 6.45) is 10.8. The van der Waals surface area contributed by atoms with Crippen molar-refractivity contribution < 1.29 is 13.2 Å². The molecule has 2 aromatic heterocycles. The molecule has 182 valence electrons. The molecule has 0 unspecified atom stereocenters. The van der Waals surface area contributed by atoms with E-state index >= 15 is 0 Å². The third-order valence-electron chi connectivity index (χ3n) is 7.14. The fraction of sp³-hybridized carbons (Fsp3) is 0.583. The standard InChI is InChI=1S/C24H32N6O3S/c1-16-11-21-23(30(15-16)19-5-4-6-19)26-14-22(28-21)24(31)27-13-18-12-17(9-10-25-18)29-34(32,33)20-7-2-3-8-20/h9-10,12,14,16,19-20H,2-8,11,13,15H2,1H3,(H,25,29)(H,27,31)/t16-/m1/s1. The quantitative estimate of drug-likeness (QED) is 0.620. The third kappa shape index (κ3) is 4.87. The van der Waals surface area contributed by atoms with Gasteiger partial charge in [0.25, 0.3) is 5.91 Å². The maximum Gasteiger partial charge on any atom is 0.271 e. The summed E-state index contributed by atoms with van der Waals surface area (Å²) in [5, 5.41) is 2.50. The van der Waals surface area contributed by atoms with Crippen molar-refractivity contribution in [2.24, 2.45) is 5.92 Å². The molecule has 3 heterocycles. The van der Waals surface area contributed by atoms with E-state index in [0.29, 0.717) is 41.9 Å². The molecular weight excluding hydrogens is 452 g/mol. The smallest absolute Gasteiger partial charge is 0.271 e. The van der Waals surface area contributed by atoms with Gasteiger partial charge in [-0.15, -0.1) is 0 Å². The molecule has 2 saturated carbocycles. The number of hydrogen-bond donors (Lipinski definition) is 2. The molecule has 10 heteroatoms. The molecule has 1 aliphatic heterocycles. The molecule has 34 heavy (non-hydrogen) atoms. The first-order chi connectivity index (χ1) is 16.4. The molecule has 1 atom stereocenters. The van der Waals surface area contributed by atoms with E-state index in [1.54, 1.807) is 24.5 Å². The number of amides is 1. The summed E-state index contributed by atoms with van der Waals surface area (Å²) < 4.78 is 27.8. The summed E-state index contributed by atoms with van der Waals surface area (Å²) in [5.74, 6) is 1.08. The summed E-state index contributed by atoms with van der Waals surface area (Å²) >= 11 is 0. The fourth-order valence-corrected chi connectivity index (χ4v) is 6.67. The molecule has 9 nitrogen and oxygen atoms in total. The van der Waals surface area contributed by atoms with Gasteiger partial charge in [-0.05, 0) is 56.6 Å². The zero-order valence-electron chi connectivity index (χ0n) is 19.5. The highest BCUT2D eigenvalue weighted by atomic mass is 32.2. The highest BCUT2D eigenvalue weighted by Gasteiger charge is 2.33. The molecule has 1 amide bonds. The lowest BCUT2D eigenvalue weighted by Gasteiger charge is -2.43. The van der Waals surface area contributed by atoms with Gasteiger partial charge in [-0.2, -0.15) is 0 Å². The molecule has 0 bridgehead atoms. The van der Waals surface area contributed by atoms with Crippen LogP contribution in [0.15, 0.2) is 24.5 Å². The van der Waals surface area contributed by atoms with E-state index < -0.39 is 10.0 Å². The van der Waals surface area contributed by atoms with Crippen LogP contribution in [0.25, 0.3) is 0 Å². The number of hydrogen-bond acceptors (Lipinski definition) is 7. The van der Waals surface area contributed by atoms with E-state index in [-0.39, 0.29) is 17.7 Å². The lowest BCUT2D eigenvalue weighted by Crippen LogP contribution is -2.46. The SMILES string of the molecule is C[C@@H]1Cc2nc(C(=O)NCc3cc(NS(=O)(=O)C4CCCC4)ccn3)cnc2N(C2CCC2)C1. The summed E-state index contributed by atoms with van der Waals surface area (Å²) in [6.45, 7) is 3.37. The average Bonchev–Trinajstić information content (AvgIpc) is 3.32. The van der Waals surface area contributed by atoms with Gasteiger partial charge in [-0.25, -0.2) is 18.4 Å². The maximum absolute atomic E-state index is 12.8. The average molecular weight is 485 g/mol. The van der Waals surface area contributed by atoms with Gasteiger partial charge in [-0.3, -0.25) is 14.5 Å². The zero-order valence-corrected chi connectivity index (χ0v) is 20.4. The molecule has 0 spiro atoms. The van der Waals surface area contributed by atoms with Crippen molar-refractivity contribution in [1.82, 2.24) is 20.3 Å². The molecule has 2 fully saturated rings. The van der Waals surface area contributed by atoms with Crippen molar-refractivity contribution in [3.8, 4) is 0 Å². The fourth-order valence-electron chi connectivity index (χ4n) is 5.09. The topological polar surface area (TPSA) is 117 Å². The number of aromatic nitrogens is 3. The lowest BCUT2D eigenvalue weighted by atomic mass is 9.88. The number of nitrogens with one attached hydrogen (secondary N) is 2. The Labute approximate surface area is 200 Å². The largest absolute Gasteiger partial charge is 0.352 e. The Morgan fingerprint density at radius 3 is 2.68 bits per heavy atom. The summed E-state index contributed by atoms with van der Waals surface area (Å²) in [7, 11) is -3.41. The number of nitrogens with zero attached hydrogens (tertiary/aromatic N) is 4. The molecule has 3 aliphatic rings. The first-order valence-electron chi connectivity index (χ1n) is 12.3. The van der Waals surface area contributed by atoms with Crippen LogP contribution >= 0.6 is 0 Å². The van der Waals surface area contributed by atoms with Crippen LogP contribution in [0.3, 0.4) is 0 Å². The normalized spacial score (nSPS) is 21.1. The lowest BCUT2D eigenvalue weighted by molar-refractivity contribution is 0.0944. The number of carbonyl (C=O) groups excluding carboxylic acids is 1. The van der Waals surface area contributed by atoms with Gasteiger partial charge in [0.05, 0.1) is 35.1 Å². The predicted octanol–water partition coefficient (Wildman–Crippen LogP) is 3.04. The van der Waals surface area contributed by atoms with E-state index in [2.05, 4.69) is 36.8 Å². The van der Waals surface area contributed by atoms with Gasteiger partial charge in [0, 0.05) is 18.8 Å². The number of rotatable bonds is 7. The second-order valence-corrected chi connectivity index (χ2v) is 11.8. The summed E-state index contributed by atoms with van der Waals surface area (Å²) in [4.78, 5) is 28.7. The summed E-state index contributed by atoms with van der Waals surface area (Å²) in [6, 6.07) is 3.82. The number of sulfonamides is 1. The first kappa shape index (κ1) is 23.0. The van der Waals surface area contributed by atoms with E-state index in [9.17, 15) is 13.2 Å². The summed E-state index contributed by atoms with van der Waals surface area (Å²) in [5.41, 5.74) is 2.21. The van der Waals surface area contributed by atoms with E-state index in [4.69, 9.17) is 0 Å². The van der Waals surface area contributed by atoms with Crippen molar-refractivity contribution in [1.29, 1.82) is 0 Å². The van der Waals surface area contributed by atoms with E-state index in [0.717, 1.165) is 37.3 Å². The Balaban J connectivity index is 1.23. The molecule has 0 radical (unpaired) electrons. The molecule has 2 N–H and O–H groups in total. The van der Waals surface area contributed by atoms with E-state index in [1.165, 1.54) is 19.3 Å². The van der Waals surface area contributed by atoms with Crippen LogP contribution in [0.2, 0.25) is 0 Å². The molecule has 0 aromatic carbocycles. The zero-order chi connectivity index (χ0) is 23.7. The van der Waals surface area contributed by atoms with Crippen molar-refractivity contribution in [3.63, 3.8) is 0 Å². The van der Waals surface area contributed by atoms with E-state index in [1.807, 2.05) is 0 Å². The van der Waals surface area contributed by atoms with Crippen molar-refractivity contribution in [2.75, 3.05) is 16.2 Å². The Morgan fingerprint density at radius 2 is 1.94 bits per heavy atom. The van der Waals surface area contributed by atoms with Crippen LogP contribution in [0, 0.1) is 5.92 Å². The minimum Gasteiger partial charge on any atom is -0.352 e. The van der Waals surface area contributed by atoms with Crippen LogP contribution in [0.1, 0.15) is 73.7 Å². The highest BCUT2D eigenvalue weighted by Crippen LogP contribution is 2.34. The molecule has 2 aromatic rings. The predicted molar refractivity (Wildman–Crippen MR) is 130 cm³/mol. The van der Waals surface area contributed by atoms with Crippen LogP contribution in [-0.4, -0.2) is 47.1 Å². The van der Waals surface area contributed by atoms with Crippen LogP contribution in [0.5, 0.6) is 0 Å². The van der Waals surface area contributed by atoms with Crippen molar-refractivity contribution >= 4 is 27.4 Å². The van der Waals surface area contributed by atoms with Crippen LogP contribution in [0.4, 0.5) is 11.5 Å². The minimum atomic E-state index is -3.41. The van der Waals surface area contributed by atoms with Gasteiger partial charge in [0.15, 0.2) is 5.82 Å². The minimum absolute atomic E-state index is 0.168. The van der Waals surface area contributed by atoms with Crippen LogP contribution < -0.4 is 14.9 Å². The monoisotopic (exact) mass is 484 g/mol. The number of pyridine rings is 1. The highest BCUT2D eigenvalue weighted by molar-refractivity contribution is 7.93. The van der Waals surface area contributed by atoms with Gasteiger partial charge in [0.1, 0.15) is 5.69 Å². The maximum atomic E-state index is 12.8. The molecule has 0 saturated heterocycles. The first-order valence-corrected chi connectivity index (χ1v) is 13.8. The van der Waals surface area contributed by atoms with Gasteiger partial charge < -0.3 is 10.2 Å².